The lowest BCUT2D eigenvalue weighted by molar-refractivity contribution is -0.0313. The fourth-order valence-electron chi connectivity index (χ4n) is 2.18. The van der Waals surface area contributed by atoms with Gasteiger partial charge < -0.3 is 10.1 Å². The van der Waals surface area contributed by atoms with Crippen LogP contribution in [-0.2, 0) is 4.74 Å². The third-order valence-corrected chi connectivity index (χ3v) is 3.69. The standard InChI is InChI=1S/C13H22N2OS/c1-13(2,3)15-7-10-5-4-6-16-12(10)11-8-17-9-14-11/h8-10,12,15H,4-7H2,1-3H3. The van der Waals surface area contributed by atoms with Crippen molar-refractivity contribution in [2.45, 2.75) is 45.3 Å². The van der Waals surface area contributed by atoms with E-state index in [-0.39, 0.29) is 11.6 Å². The summed E-state index contributed by atoms with van der Waals surface area (Å²) in [6, 6.07) is 0. The summed E-state index contributed by atoms with van der Waals surface area (Å²) < 4.78 is 5.90. The topological polar surface area (TPSA) is 34.1 Å². The molecule has 3 nitrogen and oxygen atoms in total. The zero-order valence-corrected chi connectivity index (χ0v) is 11.7. The van der Waals surface area contributed by atoms with Crippen molar-refractivity contribution in [3.05, 3.63) is 16.6 Å². The Morgan fingerprint density at radius 3 is 3.00 bits per heavy atom. The second-order valence-electron chi connectivity index (χ2n) is 5.74. The minimum atomic E-state index is 0.171. The molecule has 96 valence electrons. The molecule has 1 aliphatic rings. The smallest absolute Gasteiger partial charge is 0.104 e. The SMILES string of the molecule is CC(C)(C)NCC1CCCOC1c1cscn1. The Bertz CT molecular complexity index is 332. The third-order valence-electron chi connectivity index (χ3n) is 3.08. The van der Waals surface area contributed by atoms with Gasteiger partial charge in [0.1, 0.15) is 6.10 Å². The van der Waals surface area contributed by atoms with Crippen molar-refractivity contribution in [1.82, 2.24) is 10.3 Å². The van der Waals surface area contributed by atoms with Crippen molar-refractivity contribution in [3.8, 4) is 0 Å². The second-order valence-corrected chi connectivity index (χ2v) is 6.46. The molecule has 1 aromatic rings. The van der Waals surface area contributed by atoms with E-state index in [0.717, 1.165) is 25.3 Å². The Labute approximate surface area is 108 Å². The van der Waals surface area contributed by atoms with Crippen molar-refractivity contribution in [2.24, 2.45) is 5.92 Å². The van der Waals surface area contributed by atoms with E-state index in [4.69, 9.17) is 4.74 Å². The Hall–Kier alpha value is -0.450. The van der Waals surface area contributed by atoms with Gasteiger partial charge in [-0.15, -0.1) is 11.3 Å². The van der Waals surface area contributed by atoms with Crippen LogP contribution in [0.2, 0.25) is 0 Å². The average Bonchev–Trinajstić information content (AvgIpc) is 2.79. The molecule has 0 bridgehead atoms. The molecule has 1 saturated heterocycles. The number of thiazole rings is 1. The van der Waals surface area contributed by atoms with Gasteiger partial charge in [0.15, 0.2) is 0 Å². The highest BCUT2D eigenvalue weighted by Gasteiger charge is 2.29. The Morgan fingerprint density at radius 2 is 2.35 bits per heavy atom. The molecule has 1 aromatic heterocycles. The predicted molar refractivity (Wildman–Crippen MR) is 71.3 cm³/mol. The number of rotatable bonds is 3. The van der Waals surface area contributed by atoms with Crippen LogP contribution in [0.4, 0.5) is 0 Å². The molecule has 0 saturated carbocycles. The minimum absolute atomic E-state index is 0.171. The van der Waals surface area contributed by atoms with Gasteiger partial charge in [0.05, 0.1) is 11.2 Å². The molecule has 2 unspecified atom stereocenters. The number of ether oxygens (including phenoxy) is 1. The van der Waals surface area contributed by atoms with Gasteiger partial charge in [0.2, 0.25) is 0 Å². The lowest BCUT2D eigenvalue weighted by Crippen LogP contribution is -2.41. The molecule has 0 aliphatic carbocycles. The number of hydrogen-bond acceptors (Lipinski definition) is 4. The maximum atomic E-state index is 5.90. The fourth-order valence-corrected chi connectivity index (χ4v) is 2.76. The van der Waals surface area contributed by atoms with Crippen molar-refractivity contribution >= 4 is 11.3 Å². The summed E-state index contributed by atoms with van der Waals surface area (Å²) >= 11 is 1.65. The summed E-state index contributed by atoms with van der Waals surface area (Å²) in [5, 5.41) is 5.69. The van der Waals surface area contributed by atoms with E-state index in [9.17, 15) is 0 Å². The molecule has 17 heavy (non-hydrogen) atoms. The first kappa shape index (κ1) is 13.0. The van der Waals surface area contributed by atoms with Crippen LogP contribution >= 0.6 is 11.3 Å². The van der Waals surface area contributed by atoms with Crippen molar-refractivity contribution in [2.75, 3.05) is 13.2 Å². The van der Waals surface area contributed by atoms with E-state index >= 15 is 0 Å². The van der Waals surface area contributed by atoms with Gasteiger partial charge in [-0.05, 0) is 33.6 Å². The summed E-state index contributed by atoms with van der Waals surface area (Å²) in [5.74, 6) is 0.546. The van der Waals surface area contributed by atoms with E-state index < -0.39 is 0 Å². The normalized spacial score (nSPS) is 26.1. The number of aromatic nitrogens is 1. The van der Waals surface area contributed by atoms with Crippen LogP contribution in [-0.4, -0.2) is 23.7 Å². The first-order valence-electron chi connectivity index (χ1n) is 6.31. The summed E-state index contributed by atoms with van der Waals surface area (Å²) in [4.78, 5) is 4.40. The van der Waals surface area contributed by atoms with Crippen molar-refractivity contribution in [1.29, 1.82) is 0 Å². The van der Waals surface area contributed by atoms with Crippen LogP contribution in [0, 0.1) is 5.92 Å². The largest absolute Gasteiger partial charge is 0.372 e. The molecule has 1 fully saturated rings. The molecule has 2 heterocycles. The van der Waals surface area contributed by atoms with Crippen LogP contribution in [0.3, 0.4) is 0 Å². The van der Waals surface area contributed by atoms with Gasteiger partial charge in [-0.2, -0.15) is 0 Å². The molecule has 1 N–H and O–H groups in total. The molecule has 4 heteroatoms. The molecule has 0 spiro atoms. The van der Waals surface area contributed by atoms with Crippen molar-refractivity contribution < 1.29 is 4.74 Å². The molecular formula is C13H22N2OS. The highest BCUT2D eigenvalue weighted by atomic mass is 32.1. The van der Waals surface area contributed by atoms with Crippen molar-refractivity contribution in [3.63, 3.8) is 0 Å². The molecule has 2 atom stereocenters. The molecule has 0 amide bonds. The molecular weight excluding hydrogens is 232 g/mol. The Balaban J connectivity index is 1.98. The molecule has 1 aliphatic heterocycles. The maximum absolute atomic E-state index is 5.90. The molecule has 0 aromatic carbocycles. The Morgan fingerprint density at radius 1 is 1.53 bits per heavy atom. The van der Waals surface area contributed by atoms with Crippen LogP contribution in [0.5, 0.6) is 0 Å². The molecule has 0 radical (unpaired) electrons. The van der Waals surface area contributed by atoms with E-state index in [1.165, 1.54) is 6.42 Å². The monoisotopic (exact) mass is 254 g/mol. The maximum Gasteiger partial charge on any atom is 0.104 e. The highest BCUT2D eigenvalue weighted by molar-refractivity contribution is 7.07. The predicted octanol–water partition coefficient (Wildman–Crippen LogP) is 3.00. The van der Waals surface area contributed by atoms with Gasteiger partial charge in [0, 0.05) is 30.0 Å². The van der Waals surface area contributed by atoms with E-state index in [1.54, 1.807) is 11.3 Å². The quantitative estimate of drug-likeness (QED) is 0.900. The zero-order valence-electron chi connectivity index (χ0n) is 10.9. The first-order chi connectivity index (χ1) is 8.06. The van der Waals surface area contributed by atoms with Gasteiger partial charge in [0.25, 0.3) is 0 Å². The summed E-state index contributed by atoms with van der Waals surface area (Å²) in [6.45, 7) is 8.48. The lowest BCUT2D eigenvalue weighted by Gasteiger charge is -2.33. The summed E-state index contributed by atoms with van der Waals surface area (Å²) in [6.07, 6.45) is 2.58. The van der Waals surface area contributed by atoms with E-state index in [1.807, 2.05) is 5.51 Å². The van der Waals surface area contributed by atoms with Gasteiger partial charge in [-0.25, -0.2) is 4.98 Å². The van der Waals surface area contributed by atoms with Gasteiger partial charge in [-0.3, -0.25) is 0 Å². The lowest BCUT2D eigenvalue weighted by atomic mass is 9.91. The van der Waals surface area contributed by atoms with E-state index in [2.05, 4.69) is 36.5 Å². The van der Waals surface area contributed by atoms with Gasteiger partial charge >= 0.3 is 0 Å². The number of nitrogens with zero attached hydrogens (tertiary/aromatic N) is 1. The second kappa shape index (κ2) is 5.46. The summed E-state index contributed by atoms with van der Waals surface area (Å²) in [7, 11) is 0. The summed E-state index contributed by atoms with van der Waals surface area (Å²) in [5.41, 5.74) is 3.17. The van der Waals surface area contributed by atoms with Gasteiger partial charge in [-0.1, -0.05) is 0 Å². The fraction of sp³-hybridized carbons (Fsp3) is 0.769. The highest BCUT2D eigenvalue weighted by Crippen LogP contribution is 2.33. The number of nitrogens with one attached hydrogen (secondary N) is 1. The molecule has 2 rings (SSSR count). The average molecular weight is 254 g/mol. The van der Waals surface area contributed by atoms with E-state index in [0.29, 0.717) is 5.92 Å². The van der Waals surface area contributed by atoms with Crippen LogP contribution in [0.25, 0.3) is 0 Å². The zero-order chi connectivity index (χ0) is 12.3. The van der Waals surface area contributed by atoms with Crippen LogP contribution in [0.1, 0.15) is 45.4 Å². The van der Waals surface area contributed by atoms with Crippen LogP contribution < -0.4 is 5.32 Å². The van der Waals surface area contributed by atoms with Crippen LogP contribution in [0.15, 0.2) is 10.9 Å². The first-order valence-corrected chi connectivity index (χ1v) is 7.25. The number of hydrogen-bond donors (Lipinski definition) is 1. The third kappa shape index (κ3) is 3.76. The minimum Gasteiger partial charge on any atom is -0.372 e. The Kier molecular flexibility index (Phi) is 4.17.